The van der Waals surface area contributed by atoms with Crippen LogP contribution in [0.5, 0.6) is 0 Å². The first-order valence-electron chi connectivity index (χ1n) is 5.26. The number of hydrogen-bond donors (Lipinski definition) is 1. The molecule has 3 nitrogen and oxygen atoms in total. The molecule has 1 aromatic carbocycles. The van der Waals surface area contributed by atoms with Crippen LogP contribution in [0.1, 0.15) is 22.8 Å². The van der Waals surface area contributed by atoms with E-state index >= 15 is 0 Å². The van der Waals surface area contributed by atoms with Crippen LogP contribution in [0, 0.1) is 6.92 Å². The van der Waals surface area contributed by atoms with Gasteiger partial charge in [-0.05, 0) is 32.2 Å². The van der Waals surface area contributed by atoms with Crippen molar-refractivity contribution in [3.05, 3.63) is 39.5 Å². The number of hydrogen-bond acceptors (Lipinski definition) is 3. The highest BCUT2D eigenvalue weighted by molar-refractivity contribution is 7.98. The third-order valence-corrected chi connectivity index (χ3v) is 3.39. The van der Waals surface area contributed by atoms with Gasteiger partial charge in [0.1, 0.15) is 0 Å². The summed E-state index contributed by atoms with van der Waals surface area (Å²) in [7, 11) is 0. The van der Waals surface area contributed by atoms with Crippen LogP contribution in [0.25, 0.3) is 10.9 Å². The van der Waals surface area contributed by atoms with Gasteiger partial charge in [0.15, 0.2) is 5.78 Å². The second kappa shape index (κ2) is 4.37. The largest absolute Gasteiger partial charge is 0.349 e. The average molecular weight is 247 g/mol. The van der Waals surface area contributed by atoms with E-state index in [-0.39, 0.29) is 16.8 Å². The number of aromatic nitrogens is 1. The molecule has 2 aromatic rings. The van der Waals surface area contributed by atoms with Crippen molar-refractivity contribution in [3.8, 4) is 0 Å². The van der Waals surface area contributed by atoms with Crippen molar-refractivity contribution < 1.29 is 4.79 Å². The van der Waals surface area contributed by atoms with Crippen molar-refractivity contribution >= 4 is 28.4 Å². The van der Waals surface area contributed by atoms with E-state index < -0.39 is 0 Å². The molecule has 0 radical (unpaired) electrons. The number of aromatic amines is 1. The quantitative estimate of drug-likeness (QED) is 0.655. The molecule has 0 saturated heterocycles. The first-order chi connectivity index (χ1) is 8.04. The Morgan fingerprint density at radius 3 is 2.65 bits per heavy atom. The van der Waals surface area contributed by atoms with Gasteiger partial charge in [-0.25, -0.2) is 0 Å². The molecule has 0 aliphatic rings. The van der Waals surface area contributed by atoms with Gasteiger partial charge >= 0.3 is 0 Å². The molecule has 0 bridgehead atoms. The van der Waals surface area contributed by atoms with E-state index in [1.165, 1.54) is 18.7 Å². The predicted octanol–water partition coefficient (Wildman–Crippen LogP) is 2.76. The highest BCUT2D eigenvalue weighted by Crippen LogP contribution is 2.20. The van der Waals surface area contributed by atoms with Crippen molar-refractivity contribution in [2.24, 2.45) is 0 Å². The van der Waals surface area contributed by atoms with Gasteiger partial charge in [-0.1, -0.05) is 11.6 Å². The smallest absolute Gasteiger partial charge is 0.201 e. The topological polar surface area (TPSA) is 49.9 Å². The van der Waals surface area contributed by atoms with Gasteiger partial charge < -0.3 is 4.98 Å². The van der Waals surface area contributed by atoms with E-state index in [4.69, 9.17) is 0 Å². The molecule has 0 amide bonds. The SMILES string of the molecule is CSc1[nH]c2ccc(C)cc2c(=O)c1C(C)=O. The number of fused-ring (bicyclic) bond motifs is 1. The molecular weight excluding hydrogens is 234 g/mol. The molecule has 1 aromatic heterocycles. The van der Waals surface area contributed by atoms with E-state index in [0.717, 1.165) is 11.1 Å². The maximum atomic E-state index is 12.2. The van der Waals surface area contributed by atoms with Crippen molar-refractivity contribution in [1.82, 2.24) is 4.98 Å². The Morgan fingerprint density at radius 1 is 1.35 bits per heavy atom. The number of pyridine rings is 1. The van der Waals surface area contributed by atoms with E-state index in [0.29, 0.717) is 10.4 Å². The van der Waals surface area contributed by atoms with Crippen molar-refractivity contribution in [2.75, 3.05) is 6.26 Å². The highest BCUT2D eigenvalue weighted by atomic mass is 32.2. The third-order valence-electron chi connectivity index (χ3n) is 2.68. The van der Waals surface area contributed by atoms with Gasteiger partial charge in [0.25, 0.3) is 0 Å². The zero-order chi connectivity index (χ0) is 12.6. The number of thioether (sulfide) groups is 1. The lowest BCUT2D eigenvalue weighted by Gasteiger charge is -2.07. The Labute approximate surface area is 103 Å². The van der Waals surface area contributed by atoms with Crippen LogP contribution < -0.4 is 5.43 Å². The monoisotopic (exact) mass is 247 g/mol. The Hall–Kier alpha value is -1.55. The number of rotatable bonds is 2. The van der Waals surface area contributed by atoms with Crippen LogP contribution in [0.3, 0.4) is 0 Å². The zero-order valence-electron chi connectivity index (χ0n) is 9.96. The number of aryl methyl sites for hydroxylation is 1. The summed E-state index contributed by atoms with van der Waals surface area (Å²) in [6.07, 6.45) is 1.84. The first-order valence-corrected chi connectivity index (χ1v) is 6.48. The normalized spacial score (nSPS) is 10.8. The standard InChI is InChI=1S/C13H13NO2S/c1-7-4-5-10-9(6-7)12(16)11(8(2)15)13(14-10)17-3/h4-6H,1-3H3,(H,14,16). The molecule has 0 unspecified atom stereocenters. The minimum atomic E-state index is -0.195. The van der Waals surface area contributed by atoms with Crippen LogP contribution in [-0.2, 0) is 0 Å². The van der Waals surface area contributed by atoms with Crippen LogP contribution in [0.15, 0.2) is 28.0 Å². The molecule has 0 atom stereocenters. The maximum Gasteiger partial charge on any atom is 0.201 e. The molecule has 17 heavy (non-hydrogen) atoms. The number of H-pyrrole nitrogens is 1. The predicted molar refractivity (Wildman–Crippen MR) is 71.1 cm³/mol. The Bertz CT molecular complexity index is 658. The number of Topliss-reactive ketones (excluding diaryl/α,β-unsaturated/α-hetero) is 1. The minimum absolute atomic E-state index is 0.181. The van der Waals surface area contributed by atoms with Gasteiger partial charge in [-0.2, -0.15) is 0 Å². The second-order valence-electron chi connectivity index (χ2n) is 3.97. The van der Waals surface area contributed by atoms with E-state index in [1.54, 1.807) is 0 Å². The lowest BCUT2D eigenvalue weighted by molar-refractivity contribution is 0.101. The summed E-state index contributed by atoms with van der Waals surface area (Å²) < 4.78 is 0. The molecule has 0 aliphatic heterocycles. The highest BCUT2D eigenvalue weighted by Gasteiger charge is 2.15. The Balaban J connectivity index is 2.94. The van der Waals surface area contributed by atoms with Crippen molar-refractivity contribution in [3.63, 3.8) is 0 Å². The van der Waals surface area contributed by atoms with Gasteiger partial charge in [0, 0.05) is 5.39 Å². The third kappa shape index (κ3) is 2.00. The van der Waals surface area contributed by atoms with E-state index in [9.17, 15) is 9.59 Å². The van der Waals surface area contributed by atoms with Gasteiger partial charge in [0.2, 0.25) is 5.43 Å². The van der Waals surface area contributed by atoms with Crippen molar-refractivity contribution in [2.45, 2.75) is 18.9 Å². The molecule has 2 rings (SSSR count). The number of carbonyl (C=O) groups excluding carboxylic acids is 1. The summed E-state index contributed by atoms with van der Waals surface area (Å²) in [4.78, 5) is 26.9. The lowest BCUT2D eigenvalue weighted by atomic mass is 10.1. The molecule has 1 heterocycles. The van der Waals surface area contributed by atoms with Gasteiger partial charge in [-0.15, -0.1) is 11.8 Å². The maximum absolute atomic E-state index is 12.2. The summed E-state index contributed by atoms with van der Waals surface area (Å²) >= 11 is 1.38. The van der Waals surface area contributed by atoms with Crippen LogP contribution in [0.2, 0.25) is 0 Å². The summed E-state index contributed by atoms with van der Waals surface area (Å²) in [5.41, 5.74) is 1.86. The Morgan fingerprint density at radius 2 is 2.06 bits per heavy atom. The molecule has 0 spiro atoms. The zero-order valence-corrected chi connectivity index (χ0v) is 10.8. The first kappa shape index (κ1) is 11.9. The summed E-state index contributed by atoms with van der Waals surface area (Å²) in [6.45, 7) is 3.35. The average Bonchev–Trinajstić information content (AvgIpc) is 2.29. The molecule has 4 heteroatoms. The summed E-state index contributed by atoms with van der Waals surface area (Å²) in [5.74, 6) is -0.195. The number of benzene rings is 1. The fourth-order valence-electron chi connectivity index (χ4n) is 1.85. The molecule has 0 saturated carbocycles. The summed E-state index contributed by atoms with van der Waals surface area (Å²) in [6, 6.07) is 5.62. The summed E-state index contributed by atoms with van der Waals surface area (Å²) in [5, 5.41) is 1.21. The second-order valence-corrected chi connectivity index (χ2v) is 4.78. The van der Waals surface area contributed by atoms with Crippen LogP contribution >= 0.6 is 11.8 Å². The number of nitrogens with one attached hydrogen (secondary N) is 1. The van der Waals surface area contributed by atoms with Gasteiger partial charge in [-0.3, -0.25) is 9.59 Å². The van der Waals surface area contributed by atoms with Crippen LogP contribution in [-0.4, -0.2) is 17.0 Å². The fourth-order valence-corrected chi connectivity index (χ4v) is 2.50. The molecular formula is C13H13NO2S. The minimum Gasteiger partial charge on any atom is -0.349 e. The van der Waals surface area contributed by atoms with Crippen molar-refractivity contribution in [1.29, 1.82) is 0 Å². The van der Waals surface area contributed by atoms with Crippen LogP contribution in [0.4, 0.5) is 0 Å². The number of carbonyl (C=O) groups is 1. The van der Waals surface area contributed by atoms with E-state index in [2.05, 4.69) is 4.98 Å². The lowest BCUT2D eigenvalue weighted by Crippen LogP contribution is -2.16. The molecule has 1 N–H and O–H groups in total. The molecule has 88 valence electrons. The van der Waals surface area contributed by atoms with Gasteiger partial charge in [0.05, 0.1) is 16.1 Å². The molecule has 0 fully saturated rings. The molecule has 0 aliphatic carbocycles. The van der Waals surface area contributed by atoms with E-state index in [1.807, 2.05) is 31.4 Å². The fraction of sp³-hybridized carbons (Fsp3) is 0.231. The Kier molecular flexibility index (Phi) is 3.07. The number of ketones is 1.